The van der Waals surface area contributed by atoms with E-state index in [1.807, 2.05) is 0 Å². The van der Waals surface area contributed by atoms with Crippen molar-refractivity contribution in [2.75, 3.05) is 19.8 Å². The predicted molar refractivity (Wildman–Crippen MR) is 74.3 cm³/mol. The van der Waals surface area contributed by atoms with Crippen molar-refractivity contribution in [3.8, 4) is 0 Å². The van der Waals surface area contributed by atoms with Gasteiger partial charge in [-0.2, -0.15) is 0 Å². The maximum atomic E-state index is 5.70. The van der Waals surface area contributed by atoms with Crippen LogP contribution in [0.3, 0.4) is 0 Å². The molecule has 0 bridgehead atoms. The maximum Gasteiger partial charge on any atom is 0.0591 e. The predicted octanol–water partition coefficient (Wildman–Crippen LogP) is 3.61. The highest BCUT2D eigenvalue weighted by Gasteiger charge is 2.16. The van der Waals surface area contributed by atoms with Crippen molar-refractivity contribution < 1.29 is 4.74 Å². The molecule has 2 heteroatoms. The van der Waals surface area contributed by atoms with Gasteiger partial charge in [0.1, 0.15) is 0 Å². The van der Waals surface area contributed by atoms with E-state index in [0.29, 0.717) is 0 Å². The molecule has 1 aliphatic carbocycles. The Morgan fingerprint density at radius 2 is 1.94 bits per heavy atom. The zero-order chi connectivity index (χ0) is 12.5. The van der Waals surface area contributed by atoms with Crippen LogP contribution in [0, 0.1) is 11.8 Å². The second-order valence-electron chi connectivity index (χ2n) is 5.88. The van der Waals surface area contributed by atoms with Gasteiger partial charge in [0.25, 0.3) is 0 Å². The summed E-state index contributed by atoms with van der Waals surface area (Å²) in [7, 11) is 0. The number of ether oxygens (including phenoxy) is 1. The molecule has 0 radical (unpaired) electrons. The summed E-state index contributed by atoms with van der Waals surface area (Å²) in [5.41, 5.74) is 0. The molecule has 1 saturated carbocycles. The fraction of sp³-hybridized carbons (Fsp3) is 1.00. The van der Waals surface area contributed by atoms with Crippen molar-refractivity contribution in [3.63, 3.8) is 0 Å². The van der Waals surface area contributed by atoms with E-state index < -0.39 is 0 Å². The van der Waals surface area contributed by atoms with Gasteiger partial charge in [0.05, 0.1) is 6.61 Å². The Morgan fingerprint density at radius 1 is 1.24 bits per heavy atom. The van der Waals surface area contributed by atoms with E-state index in [1.165, 1.54) is 38.5 Å². The van der Waals surface area contributed by atoms with Gasteiger partial charge in [0, 0.05) is 19.2 Å². The van der Waals surface area contributed by atoms with E-state index in [2.05, 4.69) is 26.1 Å². The third-order valence-electron chi connectivity index (χ3n) is 3.88. The largest absolute Gasteiger partial charge is 0.380 e. The Balaban J connectivity index is 1.90. The van der Waals surface area contributed by atoms with Crippen LogP contribution < -0.4 is 5.32 Å². The van der Waals surface area contributed by atoms with Gasteiger partial charge >= 0.3 is 0 Å². The van der Waals surface area contributed by atoms with Crippen LogP contribution in [-0.2, 0) is 4.74 Å². The third-order valence-corrected chi connectivity index (χ3v) is 3.88. The molecule has 0 amide bonds. The lowest BCUT2D eigenvalue weighted by Gasteiger charge is -2.27. The van der Waals surface area contributed by atoms with Gasteiger partial charge in [-0.25, -0.2) is 0 Å². The summed E-state index contributed by atoms with van der Waals surface area (Å²) in [5.74, 6) is 1.66. The maximum absolute atomic E-state index is 5.70. The number of hydrogen-bond acceptors (Lipinski definition) is 2. The van der Waals surface area contributed by atoms with Crippen LogP contribution in [0.4, 0.5) is 0 Å². The van der Waals surface area contributed by atoms with E-state index in [9.17, 15) is 0 Å². The Bertz CT molecular complexity index is 176. The molecule has 17 heavy (non-hydrogen) atoms. The van der Waals surface area contributed by atoms with E-state index >= 15 is 0 Å². The van der Waals surface area contributed by atoms with Gasteiger partial charge in [-0.15, -0.1) is 0 Å². The van der Waals surface area contributed by atoms with Crippen molar-refractivity contribution in [1.29, 1.82) is 0 Å². The Labute approximate surface area is 108 Å². The normalized spacial score (nSPS) is 27.0. The lowest BCUT2D eigenvalue weighted by Crippen LogP contribution is -2.35. The zero-order valence-electron chi connectivity index (χ0n) is 12.0. The van der Waals surface area contributed by atoms with Crippen LogP contribution in [0.25, 0.3) is 0 Å². The average Bonchev–Trinajstić information content (AvgIpc) is 2.31. The molecule has 1 atom stereocenters. The number of rotatable bonds is 8. The zero-order valence-corrected chi connectivity index (χ0v) is 12.0. The lowest BCUT2D eigenvalue weighted by atomic mass is 9.87. The second-order valence-corrected chi connectivity index (χ2v) is 5.88. The van der Waals surface area contributed by atoms with Crippen molar-refractivity contribution >= 4 is 0 Å². The minimum Gasteiger partial charge on any atom is -0.380 e. The fourth-order valence-electron chi connectivity index (χ4n) is 2.66. The molecular weight excluding hydrogens is 210 g/mol. The average molecular weight is 241 g/mol. The fourth-order valence-corrected chi connectivity index (χ4v) is 2.66. The Morgan fingerprint density at radius 3 is 2.59 bits per heavy atom. The van der Waals surface area contributed by atoms with Gasteiger partial charge in [-0.3, -0.25) is 0 Å². The number of nitrogens with one attached hydrogen (secondary N) is 1. The SMILES string of the molecule is CCCC(C)COCCNC1CCC(C)CC1. The Kier molecular flexibility index (Phi) is 7.87. The molecule has 1 fully saturated rings. The van der Waals surface area contributed by atoms with Crippen LogP contribution in [0.15, 0.2) is 0 Å². The molecule has 102 valence electrons. The summed E-state index contributed by atoms with van der Waals surface area (Å²) in [6.45, 7) is 9.71. The Hall–Kier alpha value is -0.0800. The van der Waals surface area contributed by atoms with Crippen molar-refractivity contribution in [1.82, 2.24) is 5.32 Å². The molecule has 0 aromatic carbocycles. The van der Waals surface area contributed by atoms with Crippen LogP contribution in [0.1, 0.15) is 59.3 Å². The van der Waals surface area contributed by atoms with E-state index in [1.54, 1.807) is 0 Å². The monoisotopic (exact) mass is 241 g/mol. The highest BCUT2D eigenvalue weighted by molar-refractivity contribution is 4.74. The van der Waals surface area contributed by atoms with Crippen molar-refractivity contribution in [3.05, 3.63) is 0 Å². The van der Waals surface area contributed by atoms with E-state index in [-0.39, 0.29) is 0 Å². The van der Waals surface area contributed by atoms with Crippen LogP contribution >= 0.6 is 0 Å². The number of hydrogen-bond donors (Lipinski definition) is 1. The molecular formula is C15H31NO. The van der Waals surface area contributed by atoms with E-state index in [4.69, 9.17) is 4.74 Å². The van der Waals surface area contributed by atoms with Crippen molar-refractivity contribution in [2.24, 2.45) is 11.8 Å². The lowest BCUT2D eigenvalue weighted by molar-refractivity contribution is 0.100. The highest BCUT2D eigenvalue weighted by atomic mass is 16.5. The molecule has 0 spiro atoms. The van der Waals surface area contributed by atoms with Gasteiger partial charge in [-0.05, 0) is 43.9 Å². The standard InChI is InChI=1S/C15H31NO/c1-4-5-14(3)12-17-11-10-16-15-8-6-13(2)7-9-15/h13-16H,4-12H2,1-3H3. The smallest absolute Gasteiger partial charge is 0.0591 e. The second kappa shape index (κ2) is 8.93. The van der Waals surface area contributed by atoms with Gasteiger partial charge in [-0.1, -0.05) is 27.2 Å². The summed E-state index contributed by atoms with van der Waals surface area (Å²) in [4.78, 5) is 0. The summed E-state index contributed by atoms with van der Waals surface area (Å²) < 4.78 is 5.70. The molecule has 1 N–H and O–H groups in total. The minimum atomic E-state index is 0.718. The van der Waals surface area contributed by atoms with E-state index in [0.717, 1.165) is 37.6 Å². The molecule has 0 heterocycles. The summed E-state index contributed by atoms with van der Waals surface area (Å²) in [5, 5.41) is 3.62. The quantitative estimate of drug-likeness (QED) is 0.656. The first-order valence-electron chi connectivity index (χ1n) is 7.53. The molecule has 1 rings (SSSR count). The van der Waals surface area contributed by atoms with Gasteiger partial charge < -0.3 is 10.1 Å². The molecule has 0 aromatic rings. The third kappa shape index (κ3) is 7.05. The first-order chi connectivity index (χ1) is 8.22. The first-order valence-corrected chi connectivity index (χ1v) is 7.53. The van der Waals surface area contributed by atoms with Crippen LogP contribution in [0.5, 0.6) is 0 Å². The molecule has 1 unspecified atom stereocenters. The molecule has 2 nitrogen and oxygen atoms in total. The molecule has 0 aliphatic heterocycles. The summed E-state index contributed by atoms with van der Waals surface area (Å²) in [6.07, 6.45) is 8.05. The minimum absolute atomic E-state index is 0.718. The topological polar surface area (TPSA) is 21.3 Å². The first kappa shape index (κ1) is 15.0. The molecule has 0 aromatic heterocycles. The van der Waals surface area contributed by atoms with Crippen LogP contribution in [0.2, 0.25) is 0 Å². The van der Waals surface area contributed by atoms with Crippen molar-refractivity contribution in [2.45, 2.75) is 65.3 Å². The van der Waals surface area contributed by atoms with Crippen LogP contribution in [-0.4, -0.2) is 25.8 Å². The molecule has 0 saturated heterocycles. The summed E-state index contributed by atoms with van der Waals surface area (Å²) >= 11 is 0. The molecule has 1 aliphatic rings. The van der Waals surface area contributed by atoms with Gasteiger partial charge in [0.2, 0.25) is 0 Å². The van der Waals surface area contributed by atoms with Gasteiger partial charge in [0.15, 0.2) is 0 Å². The highest BCUT2D eigenvalue weighted by Crippen LogP contribution is 2.23. The summed E-state index contributed by atoms with van der Waals surface area (Å²) in [6, 6.07) is 0.753.